The van der Waals surface area contributed by atoms with Crippen LogP contribution in [-0.2, 0) is 14.4 Å². The standard InChI is InChI=1S/C19H24N4O4/c1-19(2,18(20)27)8-6-15(25)22-10-7-13-16(22)14(24)11-23(13)17(26)12-5-3-4-9-21-12/h3-5,9,13,16H,6-8,10-11H2,1-2H3,(H2,20,27). The zero-order chi connectivity index (χ0) is 19.8. The van der Waals surface area contributed by atoms with Crippen LogP contribution in [0.15, 0.2) is 24.4 Å². The number of amides is 3. The molecule has 8 heteroatoms. The van der Waals surface area contributed by atoms with Crippen molar-refractivity contribution in [3.8, 4) is 0 Å². The van der Waals surface area contributed by atoms with E-state index in [-0.39, 0.29) is 36.6 Å². The number of carbonyl (C=O) groups excluding carboxylic acids is 4. The summed E-state index contributed by atoms with van der Waals surface area (Å²) in [6, 6.07) is 4.13. The Hall–Kier alpha value is -2.77. The van der Waals surface area contributed by atoms with Gasteiger partial charge in [-0.05, 0) is 25.0 Å². The fourth-order valence-corrected chi connectivity index (χ4v) is 3.69. The summed E-state index contributed by atoms with van der Waals surface area (Å²) in [4.78, 5) is 56.5. The fourth-order valence-electron chi connectivity index (χ4n) is 3.69. The van der Waals surface area contributed by atoms with Gasteiger partial charge in [0.1, 0.15) is 11.7 Å². The number of rotatable bonds is 5. The maximum Gasteiger partial charge on any atom is 0.273 e. The largest absolute Gasteiger partial charge is 0.369 e. The second-order valence-electron chi connectivity index (χ2n) is 7.75. The highest BCUT2D eigenvalue weighted by atomic mass is 16.2. The Labute approximate surface area is 157 Å². The number of ketones is 1. The second kappa shape index (κ2) is 7.09. The third-order valence-corrected chi connectivity index (χ3v) is 5.52. The van der Waals surface area contributed by atoms with Gasteiger partial charge in [-0.3, -0.25) is 24.2 Å². The molecule has 0 bridgehead atoms. The van der Waals surface area contributed by atoms with Crippen LogP contribution in [0.5, 0.6) is 0 Å². The fraction of sp³-hybridized carbons (Fsp3) is 0.526. The minimum Gasteiger partial charge on any atom is -0.369 e. The van der Waals surface area contributed by atoms with E-state index in [1.807, 2.05) is 0 Å². The van der Waals surface area contributed by atoms with Crippen LogP contribution in [-0.4, -0.2) is 63.5 Å². The summed E-state index contributed by atoms with van der Waals surface area (Å²) >= 11 is 0. The number of hydrogen-bond donors (Lipinski definition) is 1. The lowest BCUT2D eigenvalue weighted by atomic mass is 9.87. The quantitative estimate of drug-likeness (QED) is 0.802. The molecule has 0 radical (unpaired) electrons. The van der Waals surface area contributed by atoms with Gasteiger partial charge in [-0.2, -0.15) is 0 Å². The van der Waals surface area contributed by atoms with Gasteiger partial charge >= 0.3 is 0 Å². The highest BCUT2D eigenvalue weighted by Gasteiger charge is 2.51. The SMILES string of the molecule is CC(C)(CCC(=O)N1CCC2C1C(=O)CN2C(=O)c1ccccn1)C(N)=O. The minimum absolute atomic E-state index is 0.0126. The Morgan fingerprint density at radius 3 is 2.63 bits per heavy atom. The third kappa shape index (κ3) is 3.56. The van der Waals surface area contributed by atoms with Crippen molar-refractivity contribution in [3.63, 3.8) is 0 Å². The monoisotopic (exact) mass is 372 g/mol. The summed E-state index contributed by atoms with van der Waals surface area (Å²) in [7, 11) is 0. The van der Waals surface area contributed by atoms with Crippen molar-refractivity contribution in [2.75, 3.05) is 13.1 Å². The molecular weight excluding hydrogens is 348 g/mol. The number of fused-ring (bicyclic) bond motifs is 1. The molecule has 1 aromatic heterocycles. The first-order valence-corrected chi connectivity index (χ1v) is 9.06. The van der Waals surface area contributed by atoms with Crippen LogP contribution in [0.3, 0.4) is 0 Å². The second-order valence-corrected chi connectivity index (χ2v) is 7.75. The minimum atomic E-state index is -0.782. The van der Waals surface area contributed by atoms with E-state index < -0.39 is 17.4 Å². The van der Waals surface area contributed by atoms with Crippen LogP contribution in [0.4, 0.5) is 0 Å². The Kier molecular flexibility index (Phi) is 4.99. The van der Waals surface area contributed by atoms with Crippen LogP contribution in [0, 0.1) is 5.41 Å². The number of nitrogens with zero attached hydrogens (tertiary/aromatic N) is 3. The number of nitrogens with two attached hydrogens (primary N) is 1. The van der Waals surface area contributed by atoms with Crippen molar-refractivity contribution in [2.45, 2.75) is 45.2 Å². The smallest absolute Gasteiger partial charge is 0.273 e. The lowest BCUT2D eigenvalue weighted by molar-refractivity contribution is -0.137. The number of primary amides is 1. The summed E-state index contributed by atoms with van der Waals surface area (Å²) in [5, 5.41) is 0. The van der Waals surface area contributed by atoms with Gasteiger partial charge in [0.15, 0.2) is 5.78 Å². The van der Waals surface area contributed by atoms with Crippen molar-refractivity contribution in [3.05, 3.63) is 30.1 Å². The van der Waals surface area contributed by atoms with E-state index in [4.69, 9.17) is 5.73 Å². The molecule has 2 unspecified atom stereocenters. The maximum atomic E-state index is 12.7. The molecule has 2 atom stereocenters. The molecule has 144 valence electrons. The number of pyridine rings is 1. The summed E-state index contributed by atoms with van der Waals surface area (Å²) in [6.45, 7) is 3.80. The summed E-state index contributed by atoms with van der Waals surface area (Å²) in [5.74, 6) is -1.07. The first-order chi connectivity index (χ1) is 12.7. The molecule has 0 saturated carbocycles. The van der Waals surface area contributed by atoms with Crippen LogP contribution in [0.1, 0.15) is 43.6 Å². The molecule has 3 heterocycles. The molecule has 3 rings (SSSR count). The van der Waals surface area contributed by atoms with Crippen molar-refractivity contribution >= 4 is 23.5 Å². The van der Waals surface area contributed by atoms with Crippen LogP contribution >= 0.6 is 0 Å². The van der Waals surface area contributed by atoms with Gasteiger partial charge in [-0.25, -0.2) is 0 Å². The van der Waals surface area contributed by atoms with Crippen molar-refractivity contribution in [1.29, 1.82) is 0 Å². The molecule has 0 aromatic carbocycles. The molecular formula is C19H24N4O4. The van der Waals surface area contributed by atoms with Gasteiger partial charge in [0.05, 0.1) is 12.6 Å². The average Bonchev–Trinajstić information content (AvgIpc) is 3.21. The number of Topliss-reactive ketones (excluding diaryl/α,β-unsaturated/α-hetero) is 1. The summed E-state index contributed by atoms with van der Waals surface area (Å²) in [6.07, 6.45) is 2.55. The molecule has 0 spiro atoms. The Balaban J connectivity index is 1.69. The van der Waals surface area contributed by atoms with E-state index in [2.05, 4.69) is 4.98 Å². The van der Waals surface area contributed by atoms with E-state index >= 15 is 0 Å². The van der Waals surface area contributed by atoms with Crippen molar-refractivity contribution < 1.29 is 19.2 Å². The molecule has 3 amide bonds. The van der Waals surface area contributed by atoms with Gasteiger partial charge in [-0.1, -0.05) is 19.9 Å². The Morgan fingerprint density at radius 2 is 2.00 bits per heavy atom. The molecule has 2 aliphatic heterocycles. The van der Waals surface area contributed by atoms with Crippen molar-refractivity contribution in [1.82, 2.24) is 14.8 Å². The van der Waals surface area contributed by atoms with Gasteiger partial charge in [0.2, 0.25) is 11.8 Å². The van der Waals surface area contributed by atoms with E-state index in [0.29, 0.717) is 25.1 Å². The molecule has 2 fully saturated rings. The number of likely N-dealkylation sites (tertiary alicyclic amines) is 2. The van der Waals surface area contributed by atoms with Crippen LogP contribution < -0.4 is 5.73 Å². The normalized spacial score (nSPS) is 22.1. The van der Waals surface area contributed by atoms with Gasteiger partial charge < -0.3 is 15.5 Å². The first kappa shape index (κ1) is 19.0. The van der Waals surface area contributed by atoms with E-state index in [9.17, 15) is 19.2 Å². The molecule has 8 nitrogen and oxygen atoms in total. The van der Waals surface area contributed by atoms with E-state index in [1.165, 1.54) is 11.1 Å². The zero-order valence-corrected chi connectivity index (χ0v) is 15.6. The van der Waals surface area contributed by atoms with Gasteiger partial charge in [0.25, 0.3) is 5.91 Å². The molecule has 0 aliphatic carbocycles. The molecule has 2 aliphatic rings. The van der Waals surface area contributed by atoms with E-state index in [0.717, 1.165) is 0 Å². The van der Waals surface area contributed by atoms with Crippen LogP contribution in [0.2, 0.25) is 0 Å². The van der Waals surface area contributed by atoms with Crippen molar-refractivity contribution in [2.24, 2.45) is 11.1 Å². The lowest BCUT2D eigenvalue weighted by Crippen LogP contribution is -2.44. The summed E-state index contributed by atoms with van der Waals surface area (Å²) in [5.41, 5.74) is 4.86. The zero-order valence-electron chi connectivity index (χ0n) is 15.6. The average molecular weight is 372 g/mol. The molecule has 27 heavy (non-hydrogen) atoms. The van der Waals surface area contributed by atoms with Crippen LogP contribution in [0.25, 0.3) is 0 Å². The maximum absolute atomic E-state index is 12.7. The summed E-state index contributed by atoms with van der Waals surface area (Å²) < 4.78 is 0. The van der Waals surface area contributed by atoms with Gasteiger partial charge in [-0.15, -0.1) is 0 Å². The predicted octanol–water partition coefficient (Wildman–Crippen LogP) is 0.368. The Bertz CT molecular complexity index is 777. The Morgan fingerprint density at radius 1 is 1.26 bits per heavy atom. The lowest BCUT2D eigenvalue weighted by Gasteiger charge is -2.26. The highest BCUT2D eigenvalue weighted by Crippen LogP contribution is 2.32. The molecule has 2 N–H and O–H groups in total. The molecule has 1 aromatic rings. The molecule has 2 saturated heterocycles. The van der Waals surface area contributed by atoms with Gasteiger partial charge in [0, 0.05) is 24.6 Å². The topological polar surface area (TPSA) is 114 Å². The first-order valence-electron chi connectivity index (χ1n) is 9.06. The highest BCUT2D eigenvalue weighted by molar-refractivity contribution is 6.01. The number of hydrogen-bond acceptors (Lipinski definition) is 5. The number of aromatic nitrogens is 1. The third-order valence-electron chi connectivity index (χ3n) is 5.52. The number of carbonyl (C=O) groups is 4. The predicted molar refractivity (Wildman–Crippen MR) is 96.4 cm³/mol. The van der Waals surface area contributed by atoms with E-state index in [1.54, 1.807) is 36.9 Å².